The first kappa shape index (κ1) is 18.0. The third-order valence-electron chi connectivity index (χ3n) is 7.60. The summed E-state index contributed by atoms with van der Waals surface area (Å²) in [5.74, 6) is 1.83. The van der Waals surface area contributed by atoms with Crippen molar-refractivity contribution >= 4 is 11.8 Å². The molecule has 4 aliphatic rings. The van der Waals surface area contributed by atoms with Crippen molar-refractivity contribution in [3.63, 3.8) is 0 Å². The number of hydrogen-bond donors (Lipinski definition) is 1. The van der Waals surface area contributed by atoms with Gasteiger partial charge in [0.15, 0.2) is 6.10 Å². The predicted octanol–water partition coefficient (Wildman–Crippen LogP) is 2.18. The highest BCUT2D eigenvalue weighted by Crippen LogP contribution is 2.60. The molecular weight excluding hydrogens is 354 g/mol. The minimum absolute atomic E-state index is 0.0261. The number of amides is 2. The quantitative estimate of drug-likeness (QED) is 0.865. The molecule has 3 atom stereocenters. The normalized spacial score (nSPS) is 31.1. The molecule has 1 spiro atoms. The molecule has 2 aliphatic heterocycles. The molecule has 0 aromatic carbocycles. The molecular formula is C22H29N3O3. The maximum Gasteiger partial charge on any atom is 0.261 e. The zero-order chi connectivity index (χ0) is 19.5. The van der Waals surface area contributed by atoms with Crippen molar-refractivity contribution in [2.75, 3.05) is 19.6 Å². The number of nitrogens with one attached hydrogen (secondary N) is 1. The third-order valence-corrected chi connectivity index (χ3v) is 7.60. The van der Waals surface area contributed by atoms with Gasteiger partial charge in [-0.25, -0.2) is 0 Å². The van der Waals surface area contributed by atoms with Gasteiger partial charge < -0.3 is 15.0 Å². The van der Waals surface area contributed by atoms with E-state index in [2.05, 4.69) is 29.0 Å². The van der Waals surface area contributed by atoms with E-state index in [1.165, 1.54) is 6.42 Å². The molecule has 3 unspecified atom stereocenters. The largest absolute Gasteiger partial charge is 0.478 e. The Labute approximate surface area is 166 Å². The lowest BCUT2D eigenvalue weighted by atomic mass is 9.90. The van der Waals surface area contributed by atoms with Crippen molar-refractivity contribution in [1.82, 2.24) is 15.2 Å². The fourth-order valence-electron chi connectivity index (χ4n) is 5.18. The van der Waals surface area contributed by atoms with E-state index in [-0.39, 0.29) is 17.2 Å². The molecule has 6 heteroatoms. The molecule has 3 heterocycles. The van der Waals surface area contributed by atoms with Gasteiger partial charge >= 0.3 is 0 Å². The molecule has 150 valence electrons. The van der Waals surface area contributed by atoms with Gasteiger partial charge in [0.05, 0.1) is 6.20 Å². The average molecular weight is 383 g/mol. The maximum absolute atomic E-state index is 12.6. The summed E-state index contributed by atoms with van der Waals surface area (Å²) < 4.78 is 5.73. The minimum atomic E-state index is -0.435. The van der Waals surface area contributed by atoms with E-state index in [4.69, 9.17) is 4.74 Å². The van der Waals surface area contributed by atoms with Crippen molar-refractivity contribution in [1.29, 1.82) is 0 Å². The Morgan fingerprint density at radius 2 is 2.04 bits per heavy atom. The Bertz CT molecular complexity index is 788. The van der Waals surface area contributed by atoms with Gasteiger partial charge in [0.1, 0.15) is 5.75 Å². The molecule has 5 rings (SSSR count). The van der Waals surface area contributed by atoms with E-state index in [0.717, 1.165) is 50.2 Å². The lowest BCUT2D eigenvalue weighted by molar-refractivity contribution is -0.135. The summed E-state index contributed by atoms with van der Waals surface area (Å²) in [7, 11) is 0. The molecule has 0 radical (unpaired) electrons. The Kier molecular flexibility index (Phi) is 3.97. The molecule has 2 aliphatic carbocycles. The van der Waals surface area contributed by atoms with Crippen LogP contribution in [-0.2, 0) is 16.0 Å². The van der Waals surface area contributed by atoms with Gasteiger partial charge in [-0.1, -0.05) is 13.8 Å². The fourth-order valence-corrected chi connectivity index (χ4v) is 5.18. The van der Waals surface area contributed by atoms with Crippen molar-refractivity contribution in [2.45, 2.75) is 52.1 Å². The highest BCUT2D eigenvalue weighted by atomic mass is 16.5. The molecule has 1 saturated heterocycles. The van der Waals surface area contributed by atoms with Crippen LogP contribution in [-0.4, -0.2) is 47.4 Å². The van der Waals surface area contributed by atoms with Crippen LogP contribution in [0.25, 0.3) is 0 Å². The summed E-state index contributed by atoms with van der Waals surface area (Å²) in [5.41, 5.74) is 1.59. The number of nitrogens with zero attached hydrogens (tertiary/aromatic N) is 2. The molecule has 1 aromatic rings. The second-order valence-electron chi connectivity index (χ2n) is 9.87. The number of pyridine rings is 1. The second kappa shape index (κ2) is 6.19. The van der Waals surface area contributed by atoms with Crippen molar-refractivity contribution in [2.24, 2.45) is 22.7 Å². The smallest absolute Gasteiger partial charge is 0.261 e. The summed E-state index contributed by atoms with van der Waals surface area (Å²) in [5, 5.41) is 3.10. The first-order valence-corrected chi connectivity index (χ1v) is 10.5. The average Bonchev–Trinajstić information content (AvgIpc) is 3.47. The van der Waals surface area contributed by atoms with Crippen molar-refractivity contribution < 1.29 is 14.3 Å². The van der Waals surface area contributed by atoms with E-state index in [9.17, 15) is 9.59 Å². The molecule has 1 N–H and O–H groups in total. The Morgan fingerprint density at radius 1 is 1.29 bits per heavy atom. The number of hydrogen-bond acceptors (Lipinski definition) is 4. The van der Waals surface area contributed by atoms with E-state index in [1.807, 2.05) is 6.07 Å². The summed E-state index contributed by atoms with van der Waals surface area (Å²) >= 11 is 0. The van der Waals surface area contributed by atoms with Gasteiger partial charge in [0.25, 0.3) is 5.91 Å². The van der Waals surface area contributed by atoms with Gasteiger partial charge in [0.2, 0.25) is 5.91 Å². The molecule has 2 amide bonds. The molecule has 6 nitrogen and oxygen atoms in total. The first-order chi connectivity index (χ1) is 13.4. The van der Waals surface area contributed by atoms with Crippen LogP contribution in [0.15, 0.2) is 18.5 Å². The van der Waals surface area contributed by atoms with E-state index < -0.39 is 6.10 Å². The molecule has 0 bridgehead atoms. The maximum atomic E-state index is 12.6. The van der Waals surface area contributed by atoms with Crippen LogP contribution in [0.3, 0.4) is 0 Å². The minimum Gasteiger partial charge on any atom is -0.478 e. The van der Waals surface area contributed by atoms with Gasteiger partial charge in [-0.05, 0) is 48.5 Å². The van der Waals surface area contributed by atoms with Gasteiger partial charge in [-0.15, -0.1) is 0 Å². The standard InChI is InChI=1S/C22H29N3O3/c1-21(2)11-16(21)20(27)25-7-4-22(5-8-25)10-15(22)12-24-19(26)17-9-14-3-6-23-13-18(14)28-17/h3,6,13,15-17H,4-5,7-12H2,1-2H3,(H,24,26). The van der Waals surface area contributed by atoms with Gasteiger partial charge in [0, 0.05) is 43.7 Å². The lowest BCUT2D eigenvalue weighted by Crippen LogP contribution is -2.42. The number of likely N-dealkylation sites (tertiary alicyclic amines) is 1. The summed E-state index contributed by atoms with van der Waals surface area (Å²) in [6, 6.07) is 1.91. The number of aromatic nitrogens is 1. The number of ether oxygens (including phenoxy) is 1. The fraction of sp³-hybridized carbons (Fsp3) is 0.682. The molecule has 3 fully saturated rings. The third kappa shape index (κ3) is 3.07. The Hall–Kier alpha value is -2.11. The van der Waals surface area contributed by atoms with Crippen LogP contribution in [0.4, 0.5) is 0 Å². The number of carbonyl (C=O) groups excluding carboxylic acids is 2. The highest BCUT2D eigenvalue weighted by molar-refractivity contribution is 5.83. The van der Waals surface area contributed by atoms with Crippen LogP contribution >= 0.6 is 0 Å². The Balaban J connectivity index is 1.07. The van der Waals surface area contributed by atoms with Crippen LogP contribution in [0.5, 0.6) is 5.75 Å². The zero-order valence-corrected chi connectivity index (χ0v) is 16.7. The number of fused-ring (bicyclic) bond motifs is 1. The molecule has 1 aromatic heterocycles. The van der Waals surface area contributed by atoms with E-state index in [1.54, 1.807) is 12.4 Å². The highest BCUT2D eigenvalue weighted by Gasteiger charge is 2.57. The van der Waals surface area contributed by atoms with E-state index in [0.29, 0.717) is 23.7 Å². The molecule has 28 heavy (non-hydrogen) atoms. The Morgan fingerprint density at radius 3 is 2.71 bits per heavy atom. The van der Waals surface area contributed by atoms with Crippen molar-refractivity contribution in [3.8, 4) is 5.75 Å². The second-order valence-corrected chi connectivity index (χ2v) is 9.87. The van der Waals surface area contributed by atoms with Crippen LogP contribution in [0.2, 0.25) is 0 Å². The SMILES string of the molecule is CC1(C)CC1C(=O)N1CCC2(CC1)CC2CNC(=O)C1Cc2ccncc2O1. The van der Waals surface area contributed by atoms with E-state index >= 15 is 0 Å². The lowest BCUT2D eigenvalue weighted by Gasteiger charge is -2.33. The predicted molar refractivity (Wildman–Crippen MR) is 104 cm³/mol. The van der Waals surface area contributed by atoms with Crippen molar-refractivity contribution in [3.05, 3.63) is 24.0 Å². The monoisotopic (exact) mass is 383 g/mol. The summed E-state index contributed by atoms with van der Waals surface area (Å²) in [6.45, 7) is 6.85. The van der Waals surface area contributed by atoms with Crippen LogP contribution < -0.4 is 10.1 Å². The summed E-state index contributed by atoms with van der Waals surface area (Å²) in [4.78, 5) is 31.2. The van der Waals surface area contributed by atoms with Crippen LogP contribution in [0, 0.1) is 22.7 Å². The summed E-state index contributed by atoms with van der Waals surface area (Å²) in [6.07, 6.45) is 7.94. The van der Waals surface area contributed by atoms with Gasteiger partial charge in [-0.2, -0.15) is 0 Å². The number of piperidine rings is 1. The topological polar surface area (TPSA) is 71.5 Å². The first-order valence-electron chi connectivity index (χ1n) is 10.5. The number of rotatable bonds is 4. The zero-order valence-electron chi connectivity index (χ0n) is 16.7. The number of carbonyl (C=O) groups is 2. The van der Waals surface area contributed by atoms with Gasteiger partial charge in [-0.3, -0.25) is 14.6 Å². The van der Waals surface area contributed by atoms with Crippen LogP contribution in [0.1, 0.15) is 45.1 Å². The molecule has 2 saturated carbocycles.